The average Bonchev–Trinajstić information content (AvgIpc) is 2.01. The van der Waals surface area contributed by atoms with Gasteiger partial charge in [0, 0.05) is 6.92 Å². The number of methoxy groups -OCH3 is 1. The molecule has 4 nitrogen and oxygen atoms in total. The molecule has 0 heterocycles. The van der Waals surface area contributed by atoms with Gasteiger partial charge in [0.1, 0.15) is 6.04 Å². The summed E-state index contributed by atoms with van der Waals surface area (Å²) < 4.78 is 4.46. The first kappa shape index (κ1) is 10.7. The Morgan fingerprint density at radius 2 is 2.25 bits per heavy atom. The number of hydrogen-bond acceptors (Lipinski definition) is 3. The minimum Gasteiger partial charge on any atom is -0.467 e. The molecule has 4 heteroatoms. The van der Waals surface area contributed by atoms with Crippen molar-refractivity contribution in [2.75, 3.05) is 7.11 Å². The van der Waals surface area contributed by atoms with E-state index < -0.39 is 12.0 Å². The number of esters is 1. The van der Waals surface area contributed by atoms with Crippen LogP contribution in [0.4, 0.5) is 0 Å². The lowest BCUT2D eigenvalue weighted by molar-refractivity contribution is -0.144. The summed E-state index contributed by atoms with van der Waals surface area (Å²) in [6.45, 7) is 4.81. The summed E-state index contributed by atoms with van der Waals surface area (Å²) in [5.41, 5.74) is 0. The zero-order chi connectivity index (χ0) is 9.56. The number of amides is 1. The van der Waals surface area contributed by atoms with Gasteiger partial charge in [-0.3, -0.25) is 4.79 Å². The molecule has 1 N–H and O–H groups in total. The maximum absolute atomic E-state index is 11.0. The average molecular weight is 171 g/mol. The van der Waals surface area contributed by atoms with Gasteiger partial charge in [0.25, 0.3) is 0 Å². The molecule has 0 bridgehead atoms. The Morgan fingerprint density at radius 3 is 2.58 bits per heavy atom. The second-order valence-corrected chi connectivity index (χ2v) is 2.30. The number of nitrogens with one attached hydrogen (secondary N) is 1. The van der Waals surface area contributed by atoms with Gasteiger partial charge in [0.15, 0.2) is 0 Å². The third-order valence-corrected chi connectivity index (χ3v) is 1.27. The van der Waals surface area contributed by atoms with Gasteiger partial charge in [-0.25, -0.2) is 4.79 Å². The number of rotatable bonds is 4. The van der Waals surface area contributed by atoms with Crippen molar-refractivity contribution in [1.29, 1.82) is 0 Å². The molecule has 0 aliphatic rings. The van der Waals surface area contributed by atoms with Crippen LogP contribution in [0.2, 0.25) is 0 Å². The second kappa shape index (κ2) is 5.35. The molecule has 0 rings (SSSR count). The van der Waals surface area contributed by atoms with E-state index in [9.17, 15) is 9.59 Å². The normalized spacial score (nSPS) is 11.5. The summed E-state index contributed by atoms with van der Waals surface area (Å²) in [5, 5.41) is 2.45. The lowest BCUT2D eigenvalue weighted by atomic mass is 10.2. The lowest BCUT2D eigenvalue weighted by Crippen LogP contribution is -2.39. The molecule has 0 saturated heterocycles. The van der Waals surface area contributed by atoms with E-state index in [0.29, 0.717) is 6.42 Å². The molecule has 1 atom stereocenters. The molecule has 12 heavy (non-hydrogen) atoms. The van der Waals surface area contributed by atoms with E-state index in [1.807, 2.05) is 0 Å². The first-order valence-electron chi connectivity index (χ1n) is 3.57. The molecule has 0 aromatic heterocycles. The van der Waals surface area contributed by atoms with Gasteiger partial charge in [-0.1, -0.05) is 6.08 Å². The molecule has 0 saturated carbocycles. The van der Waals surface area contributed by atoms with Crippen molar-refractivity contribution in [2.24, 2.45) is 0 Å². The summed E-state index contributed by atoms with van der Waals surface area (Å²) in [4.78, 5) is 21.5. The zero-order valence-electron chi connectivity index (χ0n) is 7.29. The SMILES string of the molecule is C=CC[C@H](NC(C)=O)C(=O)OC. The highest BCUT2D eigenvalue weighted by molar-refractivity contribution is 5.83. The third kappa shape index (κ3) is 3.75. The van der Waals surface area contributed by atoms with Crippen LogP contribution in [0.3, 0.4) is 0 Å². The van der Waals surface area contributed by atoms with Gasteiger partial charge in [-0.05, 0) is 6.42 Å². The van der Waals surface area contributed by atoms with E-state index in [1.54, 1.807) is 6.08 Å². The highest BCUT2D eigenvalue weighted by Gasteiger charge is 2.17. The molecular formula is C8H13NO3. The maximum atomic E-state index is 11.0. The molecular weight excluding hydrogens is 158 g/mol. The van der Waals surface area contributed by atoms with E-state index >= 15 is 0 Å². The van der Waals surface area contributed by atoms with Crippen molar-refractivity contribution in [2.45, 2.75) is 19.4 Å². The first-order valence-corrected chi connectivity index (χ1v) is 3.57. The van der Waals surface area contributed by atoms with Crippen LogP contribution in [0.25, 0.3) is 0 Å². The molecule has 0 spiro atoms. The van der Waals surface area contributed by atoms with Gasteiger partial charge in [-0.2, -0.15) is 0 Å². The Balaban J connectivity index is 4.11. The standard InChI is InChI=1S/C8H13NO3/c1-4-5-7(8(11)12-3)9-6(2)10/h4,7H,1,5H2,2-3H3,(H,9,10)/t7-/m0/s1. The molecule has 0 radical (unpaired) electrons. The Hall–Kier alpha value is -1.32. The number of carbonyl (C=O) groups excluding carboxylic acids is 2. The molecule has 0 aromatic rings. The monoisotopic (exact) mass is 171 g/mol. The van der Waals surface area contributed by atoms with Crippen molar-refractivity contribution >= 4 is 11.9 Å². The first-order chi connectivity index (χ1) is 5.61. The van der Waals surface area contributed by atoms with E-state index in [2.05, 4.69) is 16.6 Å². The second-order valence-electron chi connectivity index (χ2n) is 2.30. The fourth-order valence-corrected chi connectivity index (χ4v) is 0.768. The fraction of sp³-hybridized carbons (Fsp3) is 0.500. The van der Waals surface area contributed by atoms with Crippen molar-refractivity contribution in [3.8, 4) is 0 Å². The van der Waals surface area contributed by atoms with E-state index in [-0.39, 0.29) is 5.91 Å². The van der Waals surface area contributed by atoms with Crippen molar-refractivity contribution in [1.82, 2.24) is 5.32 Å². The predicted octanol–water partition coefficient (Wildman–Crippen LogP) is 0.240. The Bertz CT molecular complexity index is 189. The zero-order valence-corrected chi connectivity index (χ0v) is 7.29. The molecule has 0 aliphatic heterocycles. The Labute approximate surface area is 71.6 Å². The maximum Gasteiger partial charge on any atom is 0.328 e. The Kier molecular flexibility index (Phi) is 4.76. The van der Waals surface area contributed by atoms with Gasteiger partial charge in [0.2, 0.25) is 5.91 Å². The molecule has 68 valence electrons. The summed E-state index contributed by atoms with van der Waals surface area (Å²) >= 11 is 0. The van der Waals surface area contributed by atoms with Crippen LogP contribution in [-0.4, -0.2) is 25.0 Å². The van der Waals surface area contributed by atoms with E-state index in [0.717, 1.165) is 0 Å². The summed E-state index contributed by atoms with van der Waals surface area (Å²) in [6, 6.07) is -0.606. The minimum absolute atomic E-state index is 0.257. The topological polar surface area (TPSA) is 55.4 Å². The number of hydrogen-bond donors (Lipinski definition) is 1. The predicted molar refractivity (Wildman–Crippen MR) is 44.4 cm³/mol. The number of ether oxygens (including phenoxy) is 1. The number of carbonyl (C=O) groups is 2. The lowest BCUT2D eigenvalue weighted by Gasteiger charge is -2.12. The van der Waals surface area contributed by atoms with Crippen LogP contribution >= 0.6 is 0 Å². The van der Waals surface area contributed by atoms with Gasteiger partial charge in [0.05, 0.1) is 7.11 Å². The van der Waals surface area contributed by atoms with Crippen LogP contribution < -0.4 is 5.32 Å². The quantitative estimate of drug-likeness (QED) is 0.487. The van der Waals surface area contributed by atoms with Crippen LogP contribution in [0.15, 0.2) is 12.7 Å². The van der Waals surface area contributed by atoms with Crippen LogP contribution in [0, 0.1) is 0 Å². The smallest absolute Gasteiger partial charge is 0.328 e. The van der Waals surface area contributed by atoms with Gasteiger partial charge < -0.3 is 10.1 Å². The van der Waals surface area contributed by atoms with Crippen LogP contribution in [-0.2, 0) is 14.3 Å². The molecule has 0 aliphatic carbocycles. The molecule has 0 unspecified atom stereocenters. The van der Waals surface area contributed by atoms with E-state index in [1.165, 1.54) is 14.0 Å². The van der Waals surface area contributed by atoms with E-state index in [4.69, 9.17) is 0 Å². The van der Waals surface area contributed by atoms with Crippen molar-refractivity contribution in [3.05, 3.63) is 12.7 Å². The highest BCUT2D eigenvalue weighted by Crippen LogP contribution is 1.95. The molecule has 0 aromatic carbocycles. The van der Waals surface area contributed by atoms with Crippen LogP contribution in [0.1, 0.15) is 13.3 Å². The van der Waals surface area contributed by atoms with Crippen LogP contribution in [0.5, 0.6) is 0 Å². The third-order valence-electron chi connectivity index (χ3n) is 1.27. The minimum atomic E-state index is -0.606. The van der Waals surface area contributed by atoms with Crippen molar-refractivity contribution < 1.29 is 14.3 Å². The van der Waals surface area contributed by atoms with Gasteiger partial charge >= 0.3 is 5.97 Å². The van der Waals surface area contributed by atoms with Gasteiger partial charge in [-0.15, -0.1) is 6.58 Å². The molecule has 1 amide bonds. The molecule has 0 fully saturated rings. The summed E-state index contributed by atoms with van der Waals surface area (Å²) in [6.07, 6.45) is 1.93. The fourth-order valence-electron chi connectivity index (χ4n) is 0.768. The Morgan fingerprint density at radius 1 is 1.67 bits per heavy atom. The summed E-state index contributed by atoms with van der Waals surface area (Å²) in [5.74, 6) is -0.711. The largest absolute Gasteiger partial charge is 0.467 e. The summed E-state index contributed by atoms with van der Waals surface area (Å²) in [7, 11) is 1.28. The van der Waals surface area contributed by atoms with Crippen molar-refractivity contribution in [3.63, 3.8) is 0 Å². The highest BCUT2D eigenvalue weighted by atomic mass is 16.5.